The van der Waals surface area contributed by atoms with Gasteiger partial charge in [0.2, 0.25) is 0 Å². The van der Waals surface area contributed by atoms with Gasteiger partial charge in [0.25, 0.3) is 0 Å². The summed E-state index contributed by atoms with van der Waals surface area (Å²) in [6.45, 7) is 5.80. The van der Waals surface area contributed by atoms with Gasteiger partial charge in [0.15, 0.2) is 9.84 Å². The van der Waals surface area contributed by atoms with E-state index in [1.54, 1.807) is 24.3 Å². The van der Waals surface area contributed by atoms with Gasteiger partial charge in [-0.25, -0.2) is 8.42 Å². The van der Waals surface area contributed by atoms with Crippen LogP contribution in [-0.2, 0) is 21.3 Å². The lowest BCUT2D eigenvalue weighted by Crippen LogP contribution is -2.10. The first kappa shape index (κ1) is 20.9. The summed E-state index contributed by atoms with van der Waals surface area (Å²) in [4.78, 5) is 0. The second-order valence-corrected chi connectivity index (χ2v) is 8.79. The summed E-state index contributed by atoms with van der Waals surface area (Å²) in [7, 11) is -3.33. The summed E-state index contributed by atoms with van der Waals surface area (Å²) < 4.78 is 25.2. The van der Waals surface area contributed by atoms with Gasteiger partial charge < -0.3 is 22.1 Å². The molecule has 0 aliphatic rings. The Kier molecular flexibility index (Phi) is 7.36. The van der Waals surface area contributed by atoms with Gasteiger partial charge in [-0.1, -0.05) is 26.0 Å². The van der Waals surface area contributed by atoms with Gasteiger partial charge in [0.05, 0.1) is 34.3 Å². The zero-order valence-electron chi connectivity index (χ0n) is 16.1. The molecule has 0 aromatic heterocycles. The summed E-state index contributed by atoms with van der Waals surface area (Å²) in [6, 6.07) is 10.7. The van der Waals surface area contributed by atoms with E-state index in [-0.39, 0.29) is 11.5 Å². The van der Waals surface area contributed by atoms with Gasteiger partial charge in [0, 0.05) is 13.1 Å². The van der Waals surface area contributed by atoms with Crippen molar-refractivity contribution in [3.05, 3.63) is 47.5 Å². The van der Waals surface area contributed by atoms with E-state index < -0.39 is 9.84 Å². The van der Waals surface area contributed by atoms with E-state index >= 15 is 0 Å². The average Bonchev–Trinajstić information content (AvgIpc) is 2.59. The van der Waals surface area contributed by atoms with Crippen molar-refractivity contribution in [3.8, 4) is 0 Å². The Hall–Kier alpha value is -2.41. The molecule has 2 aromatic rings. The third kappa shape index (κ3) is 6.36. The number of benzene rings is 2. The Morgan fingerprint density at radius 3 is 1.52 bits per heavy atom. The van der Waals surface area contributed by atoms with Crippen molar-refractivity contribution in [1.29, 1.82) is 0 Å². The molecule has 27 heavy (non-hydrogen) atoms. The summed E-state index contributed by atoms with van der Waals surface area (Å²) in [6.07, 6.45) is 1.98. The maximum atomic E-state index is 12.6. The first-order valence-corrected chi connectivity index (χ1v) is 11.1. The molecule has 2 rings (SSSR count). The minimum absolute atomic E-state index is 0.0546. The van der Waals surface area contributed by atoms with E-state index in [9.17, 15) is 8.42 Å². The van der Waals surface area contributed by atoms with Crippen molar-refractivity contribution in [2.75, 3.05) is 35.2 Å². The monoisotopic (exact) mass is 390 g/mol. The van der Waals surface area contributed by atoms with Gasteiger partial charge in [-0.3, -0.25) is 0 Å². The van der Waals surface area contributed by atoms with E-state index in [0.29, 0.717) is 22.5 Å². The fourth-order valence-corrected chi connectivity index (χ4v) is 4.28. The average molecular weight is 391 g/mol. The van der Waals surface area contributed by atoms with Crippen molar-refractivity contribution in [3.63, 3.8) is 0 Å². The standard InChI is InChI=1S/C20H30N4O2S/c1-3-9-23-19-7-5-15(11-17(19)21)13-27(25,26)14-16-6-8-20(18(22)12-16)24-10-4-2/h5-8,11-12,23-24H,3-4,9-10,13-14,21-22H2,1-2H3. The normalized spacial score (nSPS) is 11.3. The van der Waals surface area contributed by atoms with Crippen LogP contribution < -0.4 is 22.1 Å². The molecule has 2 aromatic carbocycles. The summed E-state index contributed by atoms with van der Waals surface area (Å²) in [5, 5.41) is 6.45. The van der Waals surface area contributed by atoms with Crippen LogP contribution in [0.3, 0.4) is 0 Å². The number of rotatable bonds is 10. The van der Waals surface area contributed by atoms with Gasteiger partial charge in [0.1, 0.15) is 0 Å². The van der Waals surface area contributed by atoms with Crippen molar-refractivity contribution in [1.82, 2.24) is 0 Å². The molecule has 0 aliphatic carbocycles. The predicted molar refractivity (Wildman–Crippen MR) is 116 cm³/mol. The number of sulfone groups is 1. The van der Waals surface area contributed by atoms with E-state index in [4.69, 9.17) is 11.5 Å². The van der Waals surface area contributed by atoms with Gasteiger partial charge in [-0.15, -0.1) is 0 Å². The lowest BCUT2D eigenvalue weighted by atomic mass is 10.2. The molecule has 0 spiro atoms. The zero-order chi connectivity index (χ0) is 19.9. The third-order valence-electron chi connectivity index (χ3n) is 4.14. The number of hydrogen-bond donors (Lipinski definition) is 4. The maximum absolute atomic E-state index is 12.6. The highest BCUT2D eigenvalue weighted by atomic mass is 32.2. The summed E-state index contributed by atoms with van der Waals surface area (Å²) >= 11 is 0. The molecule has 7 heteroatoms. The molecule has 0 atom stereocenters. The second kappa shape index (κ2) is 9.50. The summed E-state index contributed by atoms with van der Waals surface area (Å²) in [5.41, 5.74) is 16.2. The highest BCUT2D eigenvalue weighted by Crippen LogP contribution is 2.24. The second-order valence-electron chi connectivity index (χ2n) is 6.73. The smallest absolute Gasteiger partial charge is 0.158 e. The van der Waals surface area contributed by atoms with E-state index in [2.05, 4.69) is 24.5 Å². The van der Waals surface area contributed by atoms with Gasteiger partial charge >= 0.3 is 0 Å². The van der Waals surface area contributed by atoms with Crippen LogP contribution in [0, 0.1) is 0 Å². The molecule has 0 fully saturated rings. The quantitative estimate of drug-likeness (QED) is 0.461. The van der Waals surface area contributed by atoms with Crippen LogP contribution in [-0.4, -0.2) is 21.5 Å². The maximum Gasteiger partial charge on any atom is 0.158 e. The van der Waals surface area contributed by atoms with Gasteiger partial charge in [-0.05, 0) is 48.2 Å². The van der Waals surface area contributed by atoms with Crippen LogP contribution in [0.5, 0.6) is 0 Å². The number of nitrogen functional groups attached to an aromatic ring is 2. The topological polar surface area (TPSA) is 110 Å². The van der Waals surface area contributed by atoms with Crippen molar-refractivity contribution in [2.45, 2.75) is 38.2 Å². The highest BCUT2D eigenvalue weighted by Gasteiger charge is 2.15. The number of nitrogens with one attached hydrogen (secondary N) is 2. The van der Waals surface area contributed by atoms with Crippen molar-refractivity contribution in [2.24, 2.45) is 0 Å². The van der Waals surface area contributed by atoms with Crippen LogP contribution in [0.25, 0.3) is 0 Å². The Morgan fingerprint density at radius 1 is 0.778 bits per heavy atom. The van der Waals surface area contributed by atoms with E-state index in [1.165, 1.54) is 0 Å². The molecule has 0 bridgehead atoms. The molecule has 0 aliphatic heterocycles. The lowest BCUT2D eigenvalue weighted by molar-refractivity contribution is 0.594. The summed E-state index contributed by atoms with van der Waals surface area (Å²) in [5.74, 6) is -0.109. The Labute approximate surface area is 162 Å². The first-order valence-electron chi connectivity index (χ1n) is 9.29. The minimum atomic E-state index is -3.33. The molecule has 0 saturated heterocycles. The molecule has 0 saturated carbocycles. The minimum Gasteiger partial charge on any atom is -0.397 e. The van der Waals surface area contributed by atoms with Crippen molar-refractivity contribution < 1.29 is 8.42 Å². The molecule has 0 heterocycles. The van der Waals surface area contributed by atoms with Crippen LogP contribution in [0.4, 0.5) is 22.7 Å². The molecule has 6 N–H and O–H groups in total. The van der Waals surface area contributed by atoms with Crippen LogP contribution >= 0.6 is 0 Å². The number of hydrogen-bond acceptors (Lipinski definition) is 6. The molecule has 148 valence electrons. The van der Waals surface area contributed by atoms with Crippen molar-refractivity contribution >= 4 is 32.6 Å². The van der Waals surface area contributed by atoms with Crippen LogP contribution in [0.2, 0.25) is 0 Å². The molecular formula is C20H30N4O2S. The zero-order valence-corrected chi connectivity index (χ0v) is 16.9. The molecule has 0 amide bonds. The number of anilines is 4. The third-order valence-corrected chi connectivity index (χ3v) is 5.68. The number of nitrogens with two attached hydrogens (primary N) is 2. The lowest BCUT2D eigenvalue weighted by Gasteiger charge is -2.12. The van der Waals surface area contributed by atoms with E-state index in [0.717, 1.165) is 37.3 Å². The largest absolute Gasteiger partial charge is 0.397 e. The molecule has 0 radical (unpaired) electrons. The SMILES string of the molecule is CCCNc1ccc(CS(=O)(=O)Cc2ccc(NCCC)c(N)c2)cc1N. The Balaban J connectivity index is 2.06. The molecule has 0 unspecified atom stereocenters. The Morgan fingerprint density at radius 2 is 1.19 bits per heavy atom. The molecule has 6 nitrogen and oxygen atoms in total. The van der Waals surface area contributed by atoms with Gasteiger partial charge in [-0.2, -0.15) is 0 Å². The fourth-order valence-electron chi connectivity index (χ4n) is 2.80. The molecular weight excluding hydrogens is 360 g/mol. The fraction of sp³-hybridized carbons (Fsp3) is 0.400. The van der Waals surface area contributed by atoms with Crippen LogP contribution in [0.1, 0.15) is 37.8 Å². The first-order chi connectivity index (χ1) is 12.8. The van der Waals surface area contributed by atoms with E-state index in [1.807, 2.05) is 12.1 Å². The Bertz CT molecular complexity index is 801. The highest BCUT2D eigenvalue weighted by molar-refractivity contribution is 7.89. The predicted octanol–water partition coefficient (Wildman–Crippen LogP) is 3.61. The van der Waals surface area contributed by atoms with Crippen LogP contribution in [0.15, 0.2) is 36.4 Å².